The summed E-state index contributed by atoms with van der Waals surface area (Å²) in [6, 6.07) is 5.34. The lowest BCUT2D eigenvalue weighted by atomic mass is 10.2. The normalized spacial score (nSPS) is 10.4. The van der Waals surface area contributed by atoms with Crippen molar-refractivity contribution in [2.45, 2.75) is 0 Å². The molecular formula is C12H9Cl2IN2O2. The van der Waals surface area contributed by atoms with Gasteiger partial charge in [0.15, 0.2) is 5.82 Å². The molecule has 0 amide bonds. The lowest BCUT2D eigenvalue weighted by molar-refractivity contribution is 0.394. The highest BCUT2D eigenvalue weighted by Gasteiger charge is 2.12. The molecule has 0 aliphatic carbocycles. The number of methoxy groups -OCH3 is 2. The van der Waals surface area contributed by atoms with Crippen LogP contribution in [-0.4, -0.2) is 24.2 Å². The molecule has 0 bridgehead atoms. The number of ether oxygens (including phenoxy) is 2. The van der Waals surface area contributed by atoms with Crippen LogP contribution < -0.4 is 9.47 Å². The minimum atomic E-state index is 0.317. The van der Waals surface area contributed by atoms with Gasteiger partial charge in [-0.3, -0.25) is 0 Å². The number of hydrogen-bond acceptors (Lipinski definition) is 4. The third-order valence-electron chi connectivity index (χ3n) is 2.38. The van der Waals surface area contributed by atoms with Crippen molar-refractivity contribution in [2.24, 2.45) is 0 Å². The van der Waals surface area contributed by atoms with E-state index in [1.54, 1.807) is 32.4 Å². The summed E-state index contributed by atoms with van der Waals surface area (Å²) in [7, 11) is 3.15. The van der Waals surface area contributed by atoms with Crippen LogP contribution in [-0.2, 0) is 0 Å². The fourth-order valence-corrected chi connectivity index (χ4v) is 2.09. The van der Waals surface area contributed by atoms with Crippen LogP contribution in [0, 0.1) is 3.57 Å². The Morgan fingerprint density at radius 3 is 1.84 bits per heavy atom. The summed E-state index contributed by atoms with van der Waals surface area (Å²) >= 11 is 14.0. The molecule has 2 aromatic rings. The predicted octanol–water partition coefficient (Wildman–Crippen LogP) is 4.07. The highest BCUT2D eigenvalue weighted by molar-refractivity contribution is 14.1. The first-order chi connectivity index (χ1) is 9.05. The highest BCUT2D eigenvalue weighted by Crippen LogP contribution is 2.31. The number of rotatable bonds is 3. The SMILES string of the molecule is COc1cc(OC)cc(-c2nc(Cl)c(I)c(Cl)n2)c1. The number of nitrogens with zero attached hydrogens (tertiary/aromatic N) is 2. The molecule has 0 atom stereocenters. The first kappa shape index (κ1) is 14.6. The van der Waals surface area contributed by atoms with Crippen molar-refractivity contribution >= 4 is 45.8 Å². The van der Waals surface area contributed by atoms with Crippen LogP contribution >= 0.6 is 45.8 Å². The molecule has 4 nitrogen and oxygen atoms in total. The smallest absolute Gasteiger partial charge is 0.162 e. The maximum atomic E-state index is 6.01. The summed E-state index contributed by atoms with van der Waals surface area (Å²) in [5.41, 5.74) is 0.719. The summed E-state index contributed by atoms with van der Waals surface area (Å²) < 4.78 is 11.0. The van der Waals surface area contributed by atoms with Crippen molar-refractivity contribution < 1.29 is 9.47 Å². The monoisotopic (exact) mass is 410 g/mol. The van der Waals surface area contributed by atoms with E-state index in [1.165, 1.54) is 0 Å². The summed E-state index contributed by atoms with van der Waals surface area (Å²) in [5, 5.41) is 0.634. The van der Waals surface area contributed by atoms with E-state index in [-0.39, 0.29) is 0 Å². The van der Waals surface area contributed by atoms with Crippen molar-refractivity contribution in [3.05, 3.63) is 32.1 Å². The number of aromatic nitrogens is 2. The predicted molar refractivity (Wildman–Crippen MR) is 83.3 cm³/mol. The standard InChI is InChI=1S/C12H9Cl2IN2O2/c1-18-7-3-6(4-8(5-7)19-2)12-16-10(13)9(15)11(14)17-12/h3-5H,1-2H3. The Morgan fingerprint density at radius 1 is 0.947 bits per heavy atom. The van der Waals surface area contributed by atoms with Gasteiger partial charge in [0.05, 0.1) is 17.8 Å². The second-order valence-electron chi connectivity index (χ2n) is 3.54. The second-order valence-corrected chi connectivity index (χ2v) is 5.34. The molecule has 0 fully saturated rings. The van der Waals surface area contributed by atoms with Crippen LogP contribution in [0.2, 0.25) is 10.3 Å². The third-order valence-corrected chi connectivity index (χ3v) is 4.59. The van der Waals surface area contributed by atoms with Gasteiger partial charge in [0, 0.05) is 11.6 Å². The Labute approximate surface area is 134 Å². The molecule has 0 spiro atoms. The van der Waals surface area contributed by atoms with Crippen molar-refractivity contribution in [1.29, 1.82) is 0 Å². The molecule has 100 valence electrons. The largest absolute Gasteiger partial charge is 0.497 e. The van der Waals surface area contributed by atoms with Gasteiger partial charge in [-0.15, -0.1) is 0 Å². The first-order valence-electron chi connectivity index (χ1n) is 5.17. The summed E-state index contributed by atoms with van der Waals surface area (Å²) in [4.78, 5) is 8.41. The molecular weight excluding hydrogens is 402 g/mol. The Balaban J connectivity index is 2.58. The topological polar surface area (TPSA) is 44.2 Å². The van der Waals surface area contributed by atoms with Crippen LogP contribution in [0.25, 0.3) is 11.4 Å². The van der Waals surface area contributed by atoms with Gasteiger partial charge in [-0.2, -0.15) is 0 Å². The Bertz CT molecular complexity index is 577. The van der Waals surface area contributed by atoms with E-state index in [1.807, 2.05) is 22.6 Å². The lowest BCUT2D eigenvalue weighted by Crippen LogP contribution is -1.95. The van der Waals surface area contributed by atoms with E-state index in [0.29, 0.717) is 31.2 Å². The van der Waals surface area contributed by atoms with E-state index in [9.17, 15) is 0 Å². The molecule has 1 heterocycles. The lowest BCUT2D eigenvalue weighted by Gasteiger charge is -2.08. The molecule has 0 N–H and O–H groups in total. The van der Waals surface area contributed by atoms with Gasteiger partial charge in [-0.05, 0) is 34.7 Å². The molecule has 0 aliphatic heterocycles. The van der Waals surface area contributed by atoms with Crippen LogP contribution in [0.4, 0.5) is 0 Å². The highest BCUT2D eigenvalue weighted by atomic mass is 127. The average Bonchev–Trinajstić information content (AvgIpc) is 2.43. The number of benzene rings is 1. The van der Waals surface area contributed by atoms with E-state index < -0.39 is 0 Å². The molecule has 2 rings (SSSR count). The number of halogens is 3. The van der Waals surface area contributed by atoms with Gasteiger partial charge in [0.25, 0.3) is 0 Å². The quantitative estimate of drug-likeness (QED) is 0.565. The van der Waals surface area contributed by atoms with E-state index in [4.69, 9.17) is 32.7 Å². The Kier molecular flexibility index (Phi) is 4.70. The molecule has 1 aromatic carbocycles. The van der Waals surface area contributed by atoms with Gasteiger partial charge < -0.3 is 9.47 Å². The maximum Gasteiger partial charge on any atom is 0.162 e. The van der Waals surface area contributed by atoms with Crippen molar-refractivity contribution in [2.75, 3.05) is 14.2 Å². The van der Waals surface area contributed by atoms with Crippen molar-refractivity contribution in [3.8, 4) is 22.9 Å². The Morgan fingerprint density at radius 2 is 1.42 bits per heavy atom. The fourth-order valence-electron chi connectivity index (χ4n) is 1.46. The number of hydrogen-bond donors (Lipinski definition) is 0. The van der Waals surface area contributed by atoms with Gasteiger partial charge in [0.2, 0.25) is 0 Å². The zero-order valence-electron chi connectivity index (χ0n) is 10.1. The minimum absolute atomic E-state index is 0.317. The average molecular weight is 411 g/mol. The van der Waals surface area contributed by atoms with Crippen LogP contribution in [0.5, 0.6) is 11.5 Å². The van der Waals surface area contributed by atoms with Gasteiger partial charge in [0.1, 0.15) is 21.8 Å². The third kappa shape index (κ3) is 3.21. The maximum absolute atomic E-state index is 6.01. The van der Waals surface area contributed by atoms with E-state index in [0.717, 1.165) is 5.56 Å². The van der Waals surface area contributed by atoms with Crippen LogP contribution in [0.15, 0.2) is 18.2 Å². The zero-order chi connectivity index (χ0) is 14.0. The van der Waals surface area contributed by atoms with E-state index >= 15 is 0 Å². The molecule has 7 heteroatoms. The minimum Gasteiger partial charge on any atom is -0.497 e. The van der Waals surface area contributed by atoms with Gasteiger partial charge >= 0.3 is 0 Å². The van der Waals surface area contributed by atoms with Crippen LogP contribution in [0.1, 0.15) is 0 Å². The molecule has 1 aromatic heterocycles. The van der Waals surface area contributed by atoms with E-state index in [2.05, 4.69) is 9.97 Å². The second kappa shape index (κ2) is 6.11. The van der Waals surface area contributed by atoms with Gasteiger partial charge in [-0.25, -0.2) is 9.97 Å². The molecule has 0 unspecified atom stereocenters. The van der Waals surface area contributed by atoms with Gasteiger partial charge in [-0.1, -0.05) is 23.2 Å². The van der Waals surface area contributed by atoms with Crippen molar-refractivity contribution in [1.82, 2.24) is 9.97 Å². The molecule has 0 aliphatic rings. The summed E-state index contributed by atoms with van der Waals surface area (Å²) in [6.07, 6.45) is 0. The molecule has 19 heavy (non-hydrogen) atoms. The Hall–Kier alpha value is -0.790. The summed E-state index contributed by atoms with van der Waals surface area (Å²) in [6.45, 7) is 0. The summed E-state index contributed by atoms with van der Waals surface area (Å²) in [5.74, 6) is 1.71. The van der Waals surface area contributed by atoms with Crippen molar-refractivity contribution in [3.63, 3.8) is 0 Å². The zero-order valence-corrected chi connectivity index (χ0v) is 13.7. The first-order valence-corrected chi connectivity index (χ1v) is 7.00. The fraction of sp³-hybridized carbons (Fsp3) is 0.167. The molecule has 0 radical (unpaired) electrons. The van der Waals surface area contributed by atoms with Crippen LogP contribution in [0.3, 0.4) is 0 Å². The molecule has 0 saturated heterocycles. The molecule has 0 saturated carbocycles.